The number of ether oxygens (including phenoxy) is 4. The van der Waals surface area contributed by atoms with Crippen LogP contribution in [0.5, 0.6) is 0 Å². The van der Waals surface area contributed by atoms with Crippen LogP contribution in [0.3, 0.4) is 0 Å². The highest BCUT2D eigenvalue weighted by atomic mass is 16.8. The van der Waals surface area contributed by atoms with Crippen molar-refractivity contribution in [2.45, 2.75) is 52.5 Å². The topological polar surface area (TPSA) is 71.1 Å². The highest BCUT2D eigenvalue weighted by Crippen LogP contribution is 2.29. The number of carbonyl (C=O) groups excluding carboxylic acids is 2. The average molecular weight is 258 g/mol. The molecule has 18 heavy (non-hydrogen) atoms. The molecule has 0 N–H and O–H groups in total. The molecule has 0 aromatic rings. The summed E-state index contributed by atoms with van der Waals surface area (Å²) in [6, 6.07) is 0. The average Bonchev–Trinajstić information content (AvgIpc) is 2.82. The first-order valence-electron chi connectivity index (χ1n) is 6.12. The zero-order chi connectivity index (χ0) is 13.4. The van der Waals surface area contributed by atoms with E-state index in [4.69, 9.17) is 18.9 Å². The lowest BCUT2D eigenvalue weighted by atomic mass is 10.2. The molecule has 0 saturated carbocycles. The van der Waals surface area contributed by atoms with Crippen molar-refractivity contribution in [3.8, 4) is 0 Å². The first-order valence-corrected chi connectivity index (χ1v) is 6.12. The Bertz CT molecular complexity index is 316. The summed E-state index contributed by atoms with van der Waals surface area (Å²) < 4.78 is 20.9. The van der Waals surface area contributed by atoms with Gasteiger partial charge >= 0.3 is 11.9 Å². The quantitative estimate of drug-likeness (QED) is 0.698. The molecule has 2 saturated heterocycles. The Kier molecular flexibility index (Phi) is 3.59. The van der Waals surface area contributed by atoms with Crippen LogP contribution in [-0.2, 0) is 28.5 Å². The van der Waals surface area contributed by atoms with Crippen molar-refractivity contribution in [3.63, 3.8) is 0 Å². The number of cyclic esters (lactones) is 2. The van der Waals surface area contributed by atoms with E-state index < -0.39 is 36.7 Å². The van der Waals surface area contributed by atoms with E-state index in [9.17, 15) is 9.59 Å². The van der Waals surface area contributed by atoms with Crippen molar-refractivity contribution >= 4 is 11.9 Å². The van der Waals surface area contributed by atoms with Crippen LogP contribution in [0.15, 0.2) is 0 Å². The maximum atomic E-state index is 11.7. The van der Waals surface area contributed by atoms with E-state index >= 15 is 0 Å². The summed E-state index contributed by atoms with van der Waals surface area (Å²) in [5.74, 6) is -1.09. The van der Waals surface area contributed by atoms with E-state index in [1.54, 1.807) is 0 Å². The van der Waals surface area contributed by atoms with Gasteiger partial charge in [-0.05, 0) is 0 Å². The fourth-order valence-electron chi connectivity index (χ4n) is 1.80. The number of hydrogen-bond acceptors (Lipinski definition) is 6. The minimum atomic E-state index is -1.02. The highest BCUT2D eigenvalue weighted by Gasteiger charge is 2.51. The summed E-state index contributed by atoms with van der Waals surface area (Å²) in [7, 11) is 0. The zero-order valence-corrected chi connectivity index (χ0v) is 10.9. The third-order valence-corrected chi connectivity index (χ3v) is 2.85. The Hall–Kier alpha value is -1.14. The summed E-state index contributed by atoms with van der Waals surface area (Å²) in [4.78, 5) is 23.3. The normalized spacial score (nSPS) is 36.3. The van der Waals surface area contributed by atoms with Crippen molar-refractivity contribution in [3.05, 3.63) is 0 Å². The summed E-state index contributed by atoms with van der Waals surface area (Å²) in [5.41, 5.74) is 0. The summed E-state index contributed by atoms with van der Waals surface area (Å²) in [6.07, 6.45) is -3.30. The molecule has 0 aromatic carbocycles. The molecule has 6 nitrogen and oxygen atoms in total. The van der Waals surface area contributed by atoms with Gasteiger partial charge in [0, 0.05) is 11.8 Å². The third kappa shape index (κ3) is 2.35. The van der Waals surface area contributed by atoms with Gasteiger partial charge in [0.2, 0.25) is 12.6 Å². The van der Waals surface area contributed by atoms with Gasteiger partial charge in [-0.2, -0.15) is 0 Å². The lowest BCUT2D eigenvalue weighted by molar-refractivity contribution is -0.148. The van der Waals surface area contributed by atoms with Crippen molar-refractivity contribution in [1.29, 1.82) is 0 Å². The van der Waals surface area contributed by atoms with Crippen LogP contribution in [0, 0.1) is 11.8 Å². The Morgan fingerprint density at radius 3 is 1.33 bits per heavy atom. The highest BCUT2D eigenvalue weighted by molar-refractivity contribution is 5.87. The Labute approximate surface area is 106 Å². The summed E-state index contributed by atoms with van der Waals surface area (Å²) in [6.45, 7) is 7.46. The Balaban J connectivity index is 2.04. The van der Waals surface area contributed by atoms with E-state index in [0.717, 1.165) is 0 Å². The van der Waals surface area contributed by atoms with Gasteiger partial charge in [-0.15, -0.1) is 0 Å². The van der Waals surface area contributed by atoms with Crippen molar-refractivity contribution in [2.24, 2.45) is 11.8 Å². The van der Waals surface area contributed by atoms with E-state index in [-0.39, 0.29) is 11.8 Å². The van der Waals surface area contributed by atoms with E-state index in [1.807, 2.05) is 27.7 Å². The number of rotatable bonds is 3. The third-order valence-electron chi connectivity index (χ3n) is 2.85. The van der Waals surface area contributed by atoms with Crippen LogP contribution in [0.2, 0.25) is 0 Å². The first-order chi connectivity index (χ1) is 8.40. The maximum absolute atomic E-state index is 11.7. The molecule has 6 heteroatoms. The predicted octanol–water partition coefficient (Wildman–Crippen LogP) is 0.835. The monoisotopic (exact) mass is 258 g/mol. The molecule has 0 bridgehead atoms. The van der Waals surface area contributed by atoms with E-state index in [1.165, 1.54) is 0 Å². The fourth-order valence-corrected chi connectivity index (χ4v) is 1.80. The molecule has 2 heterocycles. The van der Waals surface area contributed by atoms with Gasteiger partial charge in [0.15, 0.2) is 12.2 Å². The van der Waals surface area contributed by atoms with Crippen LogP contribution >= 0.6 is 0 Å². The molecule has 2 aliphatic rings. The van der Waals surface area contributed by atoms with Crippen LogP contribution in [0.4, 0.5) is 0 Å². The lowest BCUT2D eigenvalue weighted by Gasteiger charge is -2.15. The second kappa shape index (κ2) is 4.85. The molecule has 0 radical (unpaired) electrons. The number of hydrogen-bond donors (Lipinski definition) is 0. The Morgan fingerprint density at radius 2 is 1.11 bits per heavy atom. The molecular weight excluding hydrogens is 240 g/mol. The molecule has 0 aromatic heterocycles. The van der Waals surface area contributed by atoms with Gasteiger partial charge in [-0.1, -0.05) is 27.7 Å². The molecule has 0 aliphatic carbocycles. The molecule has 0 amide bonds. The van der Waals surface area contributed by atoms with Gasteiger partial charge in [-0.25, -0.2) is 9.59 Å². The largest absolute Gasteiger partial charge is 0.433 e. The maximum Gasteiger partial charge on any atom is 0.341 e. The first kappa shape index (κ1) is 13.3. The van der Waals surface area contributed by atoms with Crippen LogP contribution in [0.1, 0.15) is 27.7 Å². The zero-order valence-electron chi connectivity index (χ0n) is 10.9. The van der Waals surface area contributed by atoms with E-state index in [0.29, 0.717) is 0 Å². The molecule has 2 fully saturated rings. The van der Waals surface area contributed by atoms with Crippen molar-refractivity contribution < 1.29 is 28.5 Å². The summed E-state index contributed by atoms with van der Waals surface area (Å²) >= 11 is 0. The van der Waals surface area contributed by atoms with E-state index in [2.05, 4.69) is 0 Å². The smallest absolute Gasteiger partial charge is 0.341 e. The number of esters is 2. The predicted molar refractivity (Wildman–Crippen MR) is 59.2 cm³/mol. The van der Waals surface area contributed by atoms with Gasteiger partial charge in [0.05, 0.1) is 0 Å². The SMILES string of the molecule is CC(C)[C@@H]1OC(=O)[C@H]([C@@H]2O[C@H](C(C)C)OC2=O)O1. The van der Waals surface area contributed by atoms with Crippen LogP contribution < -0.4 is 0 Å². The standard InChI is InChI=1S/C12H18O6/c1-5(2)11-15-7(9(13)17-11)8-10(14)18-12(16-8)6(3)4/h5-8,11-12H,1-4H3/t7-,8-,11-,12-/m0/s1. The fraction of sp³-hybridized carbons (Fsp3) is 0.833. The van der Waals surface area contributed by atoms with Gasteiger partial charge < -0.3 is 18.9 Å². The Morgan fingerprint density at radius 1 is 0.778 bits per heavy atom. The minimum absolute atomic E-state index is 0.0252. The van der Waals surface area contributed by atoms with Crippen LogP contribution in [0.25, 0.3) is 0 Å². The number of carbonyl (C=O) groups is 2. The molecule has 0 unspecified atom stereocenters. The van der Waals surface area contributed by atoms with Crippen LogP contribution in [-0.4, -0.2) is 36.7 Å². The molecular formula is C12H18O6. The van der Waals surface area contributed by atoms with Crippen molar-refractivity contribution in [1.82, 2.24) is 0 Å². The second-order valence-electron chi connectivity index (χ2n) is 5.21. The molecule has 0 spiro atoms. The summed E-state index contributed by atoms with van der Waals surface area (Å²) in [5, 5.41) is 0. The molecule has 4 atom stereocenters. The second-order valence-corrected chi connectivity index (χ2v) is 5.21. The van der Waals surface area contributed by atoms with Gasteiger partial charge in [-0.3, -0.25) is 0 Å². The van der Waals surface area contributed by atoms with Gasteiger partial charge in [0.1, 0.15) is 0 Å². The minimum Gasteiger partial charge on any atom is -0.433 e. The molecule has 102 valence electrons. The molecule has 2 rings (SSSR count). The van der Waals surface area contributed by atoms with Gasteiger partial charge in [0.25, 0.3) is 0 Å². The lowest BCUT2D eigenvalue weighted by Crippen LogP contribution is -2.37. The van der Waals surface area contributed by atoms with Crippen molar-refractivity contribution in [2.75, 3.05) is 0 Å². The molecule has 2 aliphatic heterocycles.